The highest BCUT2D eigenvalue weighted by Crippen LogP contribution is 2.41. The lowest BCUT2D eigenvalue weighted by atomic mass is 9.83. The summed E-state index contributed by atoms with van der Waals surface area (Å²) in [4.78, 5) is 0. The lowest BCUT2D eigenvalue weighted by Gasteiger charge is -2.22. The summed E-state index contributed by atoms with van der Waals surface area (Å²) in [5.41, 5.74) is 21.1. The van der Waals surface area contributed by atoms with E-state index in [1.54, 1.807) is 0 Å². The van der Waals surface area contributed by atoms with Crippen LogP contribution in [0.4, 0.5) is 0 Å². The molecule has 36 heavy (non-hydrogen) atoms. The van der Waals surface area contributed by atoms with Crippen molar-refractivity contribution >= 4 is 0 Å². The number of benzene rings is 2. The Labute approximate surface area is 216 Å². The summed E-state index contributed by atoms with van der Waals surface area (Å²) in [5.74, 6) is 0. The zero-order chi connectivity index (χ0) is 26.6. The van der Waals surface area contributed by atoms with Crippen LogP contribution in [0.25, 0.3) is 33.6 Å². The maximum atomic E-state index is 4.70. The topological polar surface area (TPSA) is 51.6 Å². The third kappa shape index (κ3) is 3.93. The monoisotopic (exact) mass is 478 g/mol. The van der Waals surface area contributed by atoms with E-state index in [9.17, 15) is 0 Å². The molecule has 4 rings (SSSR count). The largest absolute Gasteiger partial charge is 0.155 e. The minimum absolute atomic E-state index is 0.934. The van der Waals surface area contributed by atoms with Crippen molar-refractivity contribution < 1.29 is 0 Å². The zero-order valence-corrected chi connectivity index (χ0v) is 23.9. The standard InChI is InChI=1S/C32H38N4/c1-15-16(2)20(6)30(21(7)17(15)3)27-13-28(31-22(8)18(4)25(11)33-35-31)24(10)29(14-27)32-23(9)19(5)26(12)34-36-32/h13-14H,1-12H3. The normalized spacial score (nSPS) is 11.3. The Kier molecular flexibility index (Phi) is 6.59. The van der Waals surface area contributed by atoms with Crippen LogP contribution in [0.1, 0.15) is 67.0 Å². The molecule has 0 saturated heterocycles. The fraction of sp³-hybridized carbons (Fsp3) is 0.375. The molecule has 4 nitrogen and oxygen atoms in total. The molecule has 0 saturated carbocycles. The van der Waals surface area contributed by atoms with Crippen molar-refractivity contribution in [2.45, 2.75) is 83.1 Å². The predicted molar refractivity (Wildman–Crippen MR) is 151 cm³/mol. The van der Waals surface area contributed by atoms with Gasteiger partial charge in [-0.15, -0.1) is 10.2 Å². The molecular weight excluding hydrogens is 440 g/mol. The molecule has 0 unspecified atom stereocenters. The molecular formula is C32H38N4. The van der Waals surface area contributed by atoms with Gasteiger partial charge in [-0.05, 0) is 162 Å². The highest BCUT2D eigenvalue weighted by atomic mass is 15.1. The van der Waals surface area contributed by atoms with E-state index in [0.717, 1.165) is 39.5 Å². The van der Waals surface area contributed by atoms with Crippen LogP contribution in [0, 0.1) is 83.1 Å². The maximum absolute atomic E-state index is 4.70. The average Bonchev–Trinajstić information content (AvgIpc) is 2.85. The number of nitrogens with zero attached hydrogens (tertiary/aromatic N) is 4. The first kappa shape index (κ1) is 25.7. The van der Waals surface area contributed by atoms with Gasteiger partial charge in [0.05, 0.1) is 22.8 Å². The first-order valence-electron chi connectivity index (χ1n) is 12.7. The Morgan fingerprint density at radius 1 is 0.361 bits per heavy atom. The van der Waals surface area contributed by atoms with Crippen LogP contribution >= 0.6 is 0 Å². The molecule has 0 aliphatic carbocycles. The lowest BCUT2D eigenvalue weighted by molar-refractivity contribution is 0.946. The van der Waals surface area contributed by atoms with E-state index in [4.69, 9.17) is 10.2 Å². The molecule has 2 aromatic carbocycles. The van der Waals surface area contributed by atoms with Crippen LogP contribution in [-0.4, -0.2) is 20.4 Å². The summed E-state index contributed by atoms with van der Waals surface area (Å²) < 4.78 is 0. The van der Waals surface area contributed by atoms with Crippen molar-refractivity contribution in [1.29, 1.82) is 0 Å². The lowest BCUT2D eigenvalue weighted by Crippen LogP contribution is -2.05. The molecule has 0 spiro atoms. The third-order valence-corrected chi connectivity index (χ3v) is 8.73. The Bertz CT molecular complexity index is 1440. The summed E-state index contributed by atoms with van der Waals surface area (Å²) in [5, 5.41) is 18.4. The van der Waals surface area contributed by atoms with Crippen LogP contribution in [0.3, 0.4) is 0 Å². The number of aryl methyl sites for hydroxylation is 2. The second-order valence-electron chi connectivity index (χ2n) is 10.5. The second kappa shape index (κ2) is 9.24. The van der Waals surface area contributed by atoms with E-state index in [-0.39, 0.29) is 0 Å². The molecule has 0 atom stereocenters. The van der Waals surface area contributed by atoms with Crippen molar-refractivity contribution in [3.8, 4) is 33.6 Å². The molecule has 186 valence electrons. The average molecular weight is 479 g/mol. The van der Waals surface area contributed by atoms with Crippen molar-refractivity contribution in [3.05, 3.63) is 79.2 Å². The van der Waals surface area contributed by atoms with Gasteiger partial charge in [0.25, 0.3) is 0 Å². The van der Waals surface area contributed by atoms with E-state index < -0.39 is 0 Å². The van der Waals surface area contributed by atoms with Gasteiger partial charge in [0, 0.05) is 11.1 Å². The molecule has 0 fully saturated rings. The molecule has 0 N–H and O–H groups in total. The first-order chi connectivity index (χ1) is 16.9. The first-order valence-corrected chi connectivity index (χ1v) is 12.7. The minimum atomic E-state index is 0.934. The summed E-state index contributed by atoms with van der Waals surface area (Å²) >= 11 is 0. The van der Waals surface area contributed by atoms with Gasteiger partial charge in [0.1, 0.15) is 0 Å². The van der Waals surface area contributed by atoms with E-state index in [2.05, 4.69) is 91.6 Å². The van der Waals surface area contributed by atoms with E-state index >= 15 is 0 Å². The summed E-state index contributed by atoms with van der Waals surface area (Å²) in [6.07, 6.45) is 0. The number of rotatable bonds is 3. The van der Waals surface area contributed by atoms with Crippen LogP contribution in [0.15, 0.2) is 12.1 Å². The number of aromatic nitrogens is 4. The molecule has 0 bridgehead atoms. The Hall–Kier alpha value is -3.40. The number of hydrogen-bond acceptors (Lipinski definition) is 4. The van der Waals surface area contributed by atoms with Crippen LogP contribution in [0.2, 0.25) is 0 Å². The van der Waals surface area contributed by atoms with E-state index in [1.807, 2.05) is 13.8 Å². The van der Waals surface area contributed by atoms with Gasteiger partial charge in [-0.25, -0.2) is 0 Å². The fourth-order valence-corrected chi connectivity index (χ4v) is 5.24. The molecule has 0 radical (unpaired) electrons. The summed E-state index contributed by atoms with van der Waals surface area (Å²) in [7, 11) is 0. The Morgan fingerprint density at radius 2 is 0.722 bits per heavy atom. The van der Waals surface area contributed by atoms with Gasteiger partial charge in [-0.1, -0.05) is 0 Å². The van der Waals surface area contributed by atoms with Crippen LogP contribution in [-0.2, 0) is 0 Å². The van der Waals surface area contributed by atoms with E-state index in [1.165, 1.54) is 61.2 Å². The molecule has 2 aromatic heterocycles. The fourth-order valence-electron chi connectivity index (χ4n) is 5.24. The van der Waals surface area contributed by atoms with Crippen molar-refractivity contribution in [3.63, 3.8) is 0 Å². The summed E-state index contributed by atoms with van der Waals surface area (Å²) in [6.45, 7) is 25.9. The van der Waals surface area contributed by atoms with Gasteiger partial charge in [-0.2, -0.15) is 10.2 Å². The third-order valence-electron chi connectivity index (χ3n) is 8.73. The van der Waals surface area contributed by atoms with Crippen LogP contribution < -0.4 is 0 Å². The van der Waals surface area contributed by atoms with Crippen molar-refractivity contribution in [1.82, 2.24) is 20.4 Å². The molecule has 0 aliphatic rings. The van der Waals surface area contributed by atoms with Crippen molar-refractivity contribution in [2.24, 2.45) is 0 Å². The summed E-state index contributed by atoms with van der Waals surface area (Å²) in [6, 6.07) is 4.61. The predicted octanol–water partition coefficient (Wildman–Crippen LogP) is 7.97. The highest BCUT2D eigenvalue weighted by Gasteiger charge is 2.22. The SMILES string of the molecule is Cc1nnc(-c2cc(-c3c(C)c(C)c(C)c(C)c3C)cc(-c3nnc(C)c(C)c3C)c2C)c(C)c1C. The zero-order valence-electron chi connectivity index (χ0n) is 23.9. The molecule has 0 amide bonds. The van der Waals surface area contributed by atoms with Crippen molar-refractivity contribution in [2.75, 3.05) is 0 Å². The van der Waals surface area contributed by atoms with Crippen LogP contribution in [0.5, 0.6) is 0 Å². The molecule has 4 aromatic rings. The van der Waals surface area contributed by atoms with Gasteiger partial charge >= 0.3 is 0 Å². The Morgan fingerprint density at radius 3 is 1.11 bits per heavy atom. The van der Waals surface area contributed by atoms with Gasteiger partial charge in [-0.3, -0.25) is 0 Å². The van der Waals surface area contributed by atoms with Gasteiger partial charge in [0.15, 0.2) is 0 Å². The Balaban J connectivity index is 2.17. The smallest absolute Gasteiger partial charge is 0.0964 e. The van der Waals surface area contributed by atoms with Gasteiger partial charge in [0.2, 0.25) is 0 Å². The minimum Gasteiger partial charge on any atom is -0.155 e. The van der Waals surface area contributed by atoms with Gasteiger partial charge < -0.3 is 0 Å². The number of hydrogen-bond donors (Lipinski definition) is 0. The molecule has 0 aliphatic heterocycles. The maximum Gasteiger partial charge on any atom is 0.0964 e. The quantitative estimate of drug-likeness (QED) is 0.300. The molecule has 2 heterocycles. The second-order valence-corrected chi connectivity index (χ2v) is 10.5. The van der Waals surface area contributed by atoms with E-state index in [0.29, 0.717) is 0 Å². The highest BCUT2D eigenvalue weighted by molar-refractivity contribution is 5.87. The molecule has 4 heteroatoms.